The highest BCUT2D eigenvalue weighted by Gasteiger charge is 2.51. The second-order valence-corrected chi connectivity index (χ2v) is 20.3. The van der Waals surface area contributed by atoms with E-state index in [1.165, 1.54) is 10.4 Å². The number of carbonyl (C=O) groups is 2. The molecular weight excluding hydrogens is 723 g/mol. The maximum absolute atomic E-state index is 14.7. The van der Waals surface area contributed by atoms with Gasteiger partial charge in [0.25, 0.3) is 20.1 Å². The zero-order chi connectivity index (χ0) is 37.7. The lowest BCUT2D eigenvalue weighted by molar-refractivity contribution is 0.0516. The summed E-state index contributed by atoms with van der Waals surface area (Å²) < 4.78 is 9.35. The number of hydrogen-bond donors (Lipinski definition) is 0. The van der Waals surface area contributed by atoms with Crippen LogP contribution in [0.3, 0.4) is 0 Å². The molecule has 5 aromatic rings. The van der Waals surface area contributed by atoms with Crippen LogP contribution in [0.25, 0.3) is 0 Å². The fourth-order valence-corrected chi connectivity index (χ4v) is 12.8. The van der Waals surface area contributed by atoms with E-state index >= 15 is 0 Å². The lowest BCUT2D eigenvalue weighted by Gasteiger charge is -2.45. The van der Waals surface area contributed by atoms with E-state index in [9.17, 15) is 9.59 Å². The van der Waals surface area contributed by atoms with Crippen molar-refractivity contribution in [1.82, 2.24) is 29.8 Å². The molecule has 9 nitrogen and oxygen atoms in total. The van der Waals surface area contributed by atoms with Gasteiger partial charge in [0.15, 0.2) is 0 Å². The Bertz CT molecular complexity index is 2100. The Balaban J connectivity index is 1.31. The largest absolute Gasteiger partial charge is 0.405 e. The minimum atomic E-state index is -2.93. The fourth-order valence-electron chi connectivity index (χ4n) is 7.88. The quantitative estimate of drug-likeness (QED) is 0.155. The van der Waals surface area contributed by atoms with Gasteiger partial charge in [-0.15, -0.1) is 0 Å². The lowest BCUT2D eigenvalue weighted by Crippen LogP contribution is -2.67. The number of rotatable bonds is 8. The van der Waals surface area contributed by atoms with E-state index in [0.29, 0.717) is 46.6 Å². The molecule has 2 amide bonds. The summed E-state index contributed by atoms with van der Waals surface area (Å²) >= 11 is 12.5. The zero-order valence-electron chi connectivity index (χ0n) is 30.9. The smallest absolute Gasteiger partial charge is 0.273 e. The van der Waals surface area contributed by atoms with Crippen LogP contribution in [-0.4, -0.2) is 69.1 Å². The van der Waals surface area contributed by atoms with Crippen molar-refractivity contribution >= 4 is 53.7 Å². The summed E-state index contributed by atoms with van der Waals surface area (Å²) in [6, 6.07) is 29.0. The van der Waals surface area contributed by atoms with Crippen molar-refractivity contribution in [2.45, 2.75) is 77.7 Å². The number of hydrogen-bond acceptors (Lipinski definition) is 6. The Labute approximate surface area is 322 Å². The molecule has 2 aromatic heterocycles. The van der Waals surface area contributed by atoms with Gasteiger partial charge in [0, 0.05) is 30.1 Å². The summed E-state index contributed by atoms with van der Waals surface area (Å²) in [7, 11) is -2.93. The molecule has 0 radical (unpaired) electrons. The van der Waals surface area contributed by atoms with Crippen LogP contribution in [0.15, 0.2) is 91.0 Å². The highest BCUT2D eigenvalue weighted by molar-refractivity contribution is 6.99. The molecule has 1 unspecified atom stereocenters. The summed E-state index contributed by atoms with van der Waals surface area (Å²) in [5, 5.41) is 16.7. The van der Waals surface area contributed by atoms with Crippen molar-refractivity contribution in [2.24, 2.45) is 0 Å². The van der Waals surface area contributed by atoms with Crippen LogP contribution in [0, 0.1) is 6.92 Å². The number of aromatic nitrogens is 4. The van der Waals surface area contributed by atoms with E-state index in [0.717, 1.165) is 17.0 Å². The van der Waals surface area contributed by atoms with Crippen molar-refractivity contribution in [1.29, 1.82) is 0 Å². The topological polar surface area (TPSA) is 93.5 Å². The molecule has 0 spiro atoms. The van der Waals surface area contributed by atoms with E-state index in [-0.39, 0.29) is 41.5 Å². The van der Waals surface area contributed by atoms with Crippen LogP contribution in [0.5, 0.6) is 0 Å². The number of benzene rings is 3. The van der Waals surface area contributed by atoms with Crippen LogP contribution in [-0.2, 0) is 17.4 Å². The van der Waals surface area contributed by atoms with Crippen molar-refractivity contribution in [3.63, 3.8) is 0 Å². The van der Waals surface area contributed by atoms with Crippen molar-refractivity contribution in [3.05, 3.63) is 135 Å². The number of carbonyl (C=O) groups excluding carboxylic acids is 2. The van der Waals surface area contributed by atoms with Gasteiger partial charge in [0.1, 0.15) is 5.69 Å². The molecule has 3 atom stereocenters. The predicted molar refractivity (Wildman–Crippen MR) is 211 cm³/mol. The third-order valence-corrected chi connectivity index (χ3v) is 16.5. The van der Waals surface area contributed by atoms with Crippen molar-refractivity contribution in [2.75, 3.05) is 13.2 Å². The molecule has 0 saturated carbocycles. The van der Waals surface area contributed by atoms with Crippen LogP contribution in [0.4, 0.5) is 0 Å². The molecule has 2 aliphatic heterocycles. The minimum Gasteiger partial charge on any atom is -0.405 e. The number of nitrogens with zero attached hydrogens (tertiary/aromatic N) is 6. The first kappa shape index (κ1) is 37.0. The average molecular weight is 768 g/mol. The molecule has 3 aromatic carbocycles. The lowest BCUT2D eigenvalue weighted by atomic mass is 9.97. The Morgan fingerprint density at radius 3 is 2.19 bits per heavy atom. The third kappa shape index (κ3) is 6.71. The van der Waals surface area contributed by atoms with Gasteiger partial charge in [-0.3, -0.25) is 14.3 Å². The second-order valence-electron chi connectivity index (χ2n) is 15.2. The number of halogens is 2. The zero-order valence-corrected chi connectivity index (χ0v) is 33.4. The molecule has 0 N–H and O–H groups in total. The monoisotopic (exact) mass is 766 g/mol. The van der Waals surface area contributed by atoms with Gasteiger partial charge in [-0.25, -0.2) is 0 Å². The molecule has 12 heteroatoms. The van der Waals surface area contributed by atoms with Crippen LogP contribution in [0.2, 0.25) is 15.1 Å². The molecule has 0 saturated heterocycles. The summed E-state index contributed by atoms with van der Waals surface area (Å²) in [6.07, 6.45) is 0.497. The Kier molecular flexibility index (Phi) is 10.1. The standard InChI is InChI=1S/C41H44Cl2N6O3Si/c1-26-17-20-36(45-44-26)28(3)48-23-30(25-52-53(41(4,5)6,31-13-9-7-10-14-31)32-15-11-8-12-16-32)49-38(40(48)51)33-24-47(27(2)21-37(33)46-49)39(50)29-18-19-34(42)35(43)22-29/h7-20,22,27-28,30H,21,23-25H2,1-6H3/t27-,28?,30+/m1/s1. The molecule has 53 heavy (non-hydrogen) atoms. The normalized spacial score (nSPS) is 18.1. The van der Waals surface area contributed by atoms with Crippen LogP contribution < -0.4 is 10.4 Å². The van der Waals surface area contributed by atoms with E-state index in [1.807, 2.05) is 54.6 Å². The summed E-state index contributed by atoms with van der Waals surface area (Å²) in [5.74, 6) is -0.344. The Morgan fingerprint density at radius 1 is 0.943 bits per heavy atom. The molecule has 274 valence electrons. The van der Waals surface area contributed by atoms with Gasteiger partial charge < -0.3 is 14.2 Å². The van der Waals surface area contributed by atoms with E-state index in [4.69, 9.17) is 32.7 Å². The highest BCUT2D eigenvalue weighted by atomic mass is 35.5. The third-order valence-electron chi connectivity index (χ3n) is 10.7. The van der Waals surface area contributed by atoms with E-state index in [2.05, 4.69) is 79.5 Å². The van der Waals surface area contributed by atoms with Gasteiger partial charge in [-0.1, -0.05) is 105 Å². The van der Waals surface area contributed by atoms with Crippen molar-refractivity contribution in [3.8, 4) is 0 Å². The Hall–Kier alpha value is -4.35. The molecular formula is C41H44Cl2N6O3Si. The van der Waals surface area contributed by atoms with E-state index < -0.39 is 8.32 Å². The second kappa shape index (κ2) is 14.5. The SMILES string of the molecule is Cc1ccc(C(C)N2C[C@@H](CO[Si](c3ccccc3)(c3ccccc3)C(C)(C)C)n3nc4c(c3C2=O)CN(C(=O)c2ccc(Cl)c(Cl)c2)[C@H](C)C4)nn1. The first-order valence-corrected chi connectivity index (χ1v) is 20.7. The fraction of sp³-hybridized carbons (Fsp3) is 0.341. The van der Waals surface area contributed by atoms with Gasteiger partial charge in [-0.2, -0.15) is 15.3 Å². The molecule has 0 fully saturated rings. The highest BCUT2D eigenvalue weighted by Crippen LogP contribution is 2.40. The van der Waals surface area contributed by atoms with Crippen LogP contribution >= 0.6 is 23.2 Å². The summed E-state index contributed by atoms with van der Waals surface area (Å²) in [5.41, 5.74) is 3.99. The van der Waals surface area contributed by atoms with Gasteiger partial charge >= 0.3 is 0 Å². The maximum Gasteiger partial charge on any atom is 0.273 e. The molecule has 2 aliphatic rings. The van der Waals surface area contributed by atoms with Gasteiger partial charge in [0.05, 0.1) is 52.4 Å². The van der Waals surface area contributed by atoms with Gasteiger partial charge in [0.2, 0.25) is 0 Å². The van der Waals surface area contributed by atoms with Crippen molar-refractivity contribution < 1.29 is 14.0 Å². The summed E-state index contributed by atoms with van der Waals surface area (Å²) in [4.78, 5) is 32.3. The number of amides is 2. The predicted octanol–water partition coefficient (Wildman–Crippen LogP) is 7.21. The maximum atomic E-state index is 14.7. The van der Waals surface area contributed by atoms with Crippen LogP contribution in [0.1, 0.15) is 90.2 Å². The molecule has 4 heterocycles. The molecule has 0 bridgehead atoms. The molecule has 7 rings (SSSR count). The van der Waals surface area contributed by atoms with E-state index in [1.54, 1.807) is 23.1 Å². The number of aryl methyl sites for hydroxylation is 1. The number of fused-ring (bicyclic) bond motifs is 3. The summed E-state index contributed by atoms with van der Waals surface area (Å²) in [6.45, 7) is 13.6. The first-order valence-electron chi connectivity index (χ1n) is 18.0. The van der Waals surface area contributed by atoms with Gasteiger partial charge in [-0.05, 0) is 66.5 Å². The molecule has 0 aliphatic carbocycles. The Morgan fingerprint density at radius 2 is 1.60 bits per heavy atom. The minimum absolute atomic E-state index is 0.160. The first-order chi connectivity index (χ1) is 25.3. The average Bonchev–Trinajstić information content (AvgIpc) is 3.52.